The molecule has 0 unspecified atom stereocenters. The van der Waals surface area contributed by atoms with Crippen LogP contribution >= 0.6 is 11.8 Å². The van der Waals surface area contributed by atoms with Crippen molar-refractivity contribution in [3.8, 4) is 0 Å². The number of allylic oxidation sites excluding steroid dienone is 4. The predicted molar refractivity (Wildman–Crippen MR) is 112 cm³/mol. The molecule has 2 aromatic heterocycles. The molecular formula is C20H21N5O4S. The number of nitrogens with two attached hydrogens (primary N) is 1. The Morgan fingerprint density at radius 2 is 2.27 bits per heavy atom. The van der Waals surface area contributed by atoms with E-state index in [2.05, 4.69) is 21.0 Å². The summed E-state index contributed by atoms with van der Waals surface area (Å²) in [6.07, 6.45) is 13.1. The van der Waals surface area contributed by atoms with E-state index in [9.17, 15) is 4.79 Å². The van der Waals surface area contributed by atoms with Gasteiger partial charge in [-0.05, 0) is 36.6 Å². The van der Waals surface area contributed by atoms with Crippen LogP contribution in [0.25, 0.3) is 11.2 Å². The summed E-state index contributed by atoms with van der Waals surface area (Å²) in [5, 5.41) is 1.18. The maximum absolute atomic E-state index is 11.0. The van der Waals surface area contributed by atoms with Crippen molar-refractivity contribution in [1.82, 2.24) is 19.5 Å². The summed E-state index contributed by atoms with van der Waals surface area (Å²) in [6, 6.07) is 0. The van der Waals surface area contributed by atoms with Crippen LogP contribution in [0.1, 0.15) is 26.2 Å². The average Bonchev–Trinajstić information content (AvgIpc) is 3.10. The van der Waals surface area contributed by atoms with Gasteiger partial charge in [-0.2, -0.15) is 0 Å². The third-order valence-electron chi connectivity index (χ3n) is 4.43. The zero-order valence-corrected chi connectivity index (χ0v) is 17.2. The monoisotopic (exact) mass is 427 g/mol. The minimum absolute atomic E-state index is 0.301. The van der Waals surface area contributed by atoms with Crippen molar-refractivity contribution < 1.29 is 19.0 Å². The van der Waals surface area contributed by atoms with Crippen molar-refractivity contribution in [3.05, 3.63) is 53.5 Å². The molecule has 0 radical (unpaired) electrons. The van der Waals surface area contributed by atoms with Crippen LogP contribution in [0.5, 0.6) is 0 Å². The van der Waals surface area contributed by atoms with Crippen molar-refractivity contribution in [3.63, 3.8) is 0 Å². The molecule has 0 saturated heterocycles. The van der Waals surface area contributed by atoms with E-state index in [1.54, 1.807) is 6.26 Å². The Morgan fingerprint density at radius 1 is 1.37 bits per heavy atom. The topological polar surface area (TPSA) is 114 Å². The van der Waals surface area contributed by atoms with E-state index in [1.807, 2.05) is 16.7 Å². The van der Waals surface area contributed by atoms with E-state index in [0.717, 1.165) is 18.4 Å². The Balaban J connectivity index is 1.54. The summed E-state index contributed by atoms with van der Waals surface area (Å²) in [5.41, 5.74) is 8.19. The van der Waals surface area contributed by atoms with E-state index in [0.29, 0.717) is 52.6 Å². The highest BCUT2D eigenvalue weighted by atomic mass is 32.2. The standard InChI is InChI=1S/C20H21N5O4S/c1-13(26)28-9-5-8-25-19-17(18(21)22-12-23-19)24-20(25)30-16-11-27-10-15(29-16)14-6-3-2-4-7-14/h2-3,6,10-12H,4-5,7-9H2,1H3,(H2,21,22,23). The van der Waals surface area contributed by atoms with Gasteiger partial charge in [-0.1, -0.05) is 18.2 Å². The van der Waals surface area contributed by atoms with Crippen molar-refractivity contribution >= 4 is 34.7 Å². The van der Waals surface area contributed by atoms with E-state index in [4.69, 9.17) is 19.9 Å². The summed E-state index contributed by atoms with van der Waals surface area (Å²) in [5.74, 6) is 0.673. The number of aryl methyl sites for hydroxylation is 1. The van der Waals surface area contributed by atoms with Crippen LogP contribution in [-0.2, 0) is 25.5 Å². The van der Waals surface area contributed by atoms with E-state index >= 15 is 0 Å². The van der Waals surface area contributed by atoms with Gasteiger partial charge < -0.3 is 24.5 Å². The van der Waals surface area contributed by atoms with Gasteiger partial charge in [-0.15, -0.1) is 0 Å². The first-order valence-electron chi connectivity index (χ1n) is 9.49. The number of hydrogen-bond donors (Lipinski definition) is 1. The lowest BCUT2D eigenvalue weighted by atomic mass is 10.0. The second kappa shape index (κ2) is 9.04. The molecule has 30 heavy (non-hydrogen) atoms. The number of nitrogens with zero attached hydrogens (tertiary/aromatic N) is 4. The van der Waals surface area contributed by atoms with Crippen molar-refractivity contribution in [2.24, 2.45) is 0 Å². The maximum atomic E-state index is 11.0. The highest BCUT2D eigenvalue weighted by molar-refractivity contribution is 8.02. The van der Waals surface area contributed by atoms with Gasteiger partial charge in [0.15, 0.2) is 27.9 Å². The molecule has 2 N–H and O–H groups in total. The molecule has 1 aliphatic heterocycles. The molecule has 10 heteroatoms. The van der Waals surface area contributed by atoms with E-state index < -0.39 is 0 Å². The molecule has 0 fully saturated rings. The minimum Gasteiger partial charge on any atom is -0.466 e. The quantitative estimate of drug-likeness (QED) is 0.524. The third-order valence-corrected chi connectivity index (χ3v) is 5.30. The van der Waals surface area contributed by atoms with Gasteiger partial charge in [-0.25, -0.2) is 15.0 Å². The Labute approximate surface area is 177 Å². The maximum Gasteiger partial charge on any atom is 0.302 e. The fourth-order valence-electron chi connectivity index (χ4n) is 3.04. The number of fused-ring (bicyclic) bond motifs is 1. The van der Waals surface area contributed by atoms with Crippen LogP contribution in [-0.4, -0.2) is 32.1 Å². The number of anilines is 1. The lowest BCUT2D eigenvalue weighted by Gasteiger charge is -2.19. The fraction of sp³-hybridized carbons (Fsp3) is 0.300. The lowest BCUT2D eigenvalue weighted by Crippen LogP contribution is -2.08. The zero-order valence-electron chi connectivity index (χ0n) is 16.4. The molecule has 0 atom stereocenters. The first-order valence-corrected chi connectivity index (χ1v) is 10.3. The van der Waals surface area contributed by atoms with Crippen molar-refractivity contribution in [2.45, 2.75) is 37.9 Å². The normalized spacial score (nSPS) is 15.7. The van der Waals surface area contributed by atoms with Crippen molar-refractivity contribution in [2.75, 3.05) is 12.3 Å². The minimum atomic E-state index is -0.309. The molecule has 0 aromatic carbocycles. The Kier molecular flexibility index (Phi) is 6.03. The van der Waals surface area contributed by atoms with Crippen molar-refractivity contribution in [1.29, 1.82) is 0 Å². The highest BCUT2D eigenvalue weighted by Gasteiger charge is 2.21. The summed E-state index contributed by atoms with van der Waals surface area (Å²) >= 11 is 1.31. The summed E-state index contributed by atoms with van der Waals surface area (Å²) in [7, 11) is 0. The number of thioether (sulfide) groups is 1. The SMILES string of the molecule is CC(=O)OCCCn1c(SC2=COC=C(C3=CC=CCC3)O2)nc2c(N)ncnc21. The molecule has 0 saturated carbocycles. The fourth-order valence-corrected chi connectivity index (χ4v) is 3.88. The van der Waals surface area contributed by atoms with Crippen LogP contribution < -0.4 is 5.73 Å². The van der Waals surface area contributed by atoms with Gasteiger partial charge in [0, 0.05) is 13.5 Å². The summed E-state index contributed by atoms with van der Waals surface area (Å²) in [6.45, 7) is 2.23. The lowest BCUT2D eigenvalue weighted by molar-refractivity contribution is -0.141. The number of imidazole rings is 1. The third kappa shape index (κ3) is 4.48. The first kappa shape index (κ1) is 20.0. The molecule has 9 nitrogen and oxygen atoms in total. The molecule has 2 aromatic rings. The number of esters is 1. The number of carbonyl (C=O) groups excluding carboxylic acids is 1. The first-order chi connectivity index (χ1) is 14.6. The predicted octanol–water partition coefficient (Wildman–Crippen LogP) is 3.42. The second-order valence-corrected chi connectivity index (χ2v) is 7.56. The summed E-state index contributed by atoms with van der Waals surface area (Å²) < 4.78 is 18.5. The molecule has 0 bridgehead atoms. The van der Waals surface area contributed by atoms with Gasteiger partial charge in [0.2, 0.25) is 5.09 Å². The average molecular weight is 427 g/mol. The Morgan fingerprint density at radius 3 is 3.07 bits per heavy atom. The molecule has 2 aliphatic rings. The number of aromatic nitrogens is 4. The second-order valence-electron chi connectivity index (χ2n) is 6.59. The number of nitrogen functional groups attached to an aromatic ring is 1. The Hall–Kier alpha value is -3.27. The van der Waals surface area contributed by atoms with Gasteiger partial charge in [-0.3, -0.25) is 4.79 Å². The van der Waals surface area contributed by atoms with Crippen LogP contribution in [0.4, 0.5) is 5.82 Å². The van der Waals surface area contributed by atoms with E-state index in [1.165, 1.54) is 31.3 Å². The smallest absolute Gasteiger partial charge is 0.302 e. The molecule has 1 aliphatic carbocycles. The molecule has 3 heterocycles. The van der Waals surface area contributed by atoms with E-state index in [-0.39, 0.29) is 5.97 Å². The Bertz CT molecular complexity index is 1090. The van der Waals surface area contributed by atoms with Gasteiger partial charge in [0.05, 0.1) is 6.61 Å². The molecular weight excluding hydrogens is 406 g/mol. The van der Waals surface area contributed by atoms with Gasteiger partial charge in [0.1, 0.15) is 18.9 Å². The van der Waals surface area contributed by atoms with Gasteiger partial charge in [0.25, 0.3) is 0 Å². The number of ether oxygens (including phenoxy) is 3. The summed E-state index contributed by atoms with van der Waals surface area (Å²) in [4.78, 5) is 24.0. The molecule has 4 rings (SSSR count). The van der Waals surface area contributed by atoms with Crippen LogP contribution in [0.3, 0.4) is 0 Å². The van der Waals surface area contributed by atoms with Crippen LogP contribution in [0, 0.1) is 0 Å². The van der Waals surface area contributed by atoms with Crippen LogP contribution in [0.15, 0.2) is 58.7 Å². The zero-order chi connectivity index (χ0) is 20.9. The number of hydrogen-bond acceptors (Lipinski definition) is 9. The highest BCUT2D eigenvalue weighted by Crippen LogP contribution is 2.36. The van der Waals surface area contributed by atoms with Gasteiger partial charge >= 0.3 is 5.97 Å². The largest absolute Gasteiger partial charge is 0.466 e. The molecule has 0 amide bonds. The number of carbonyl (C=O) groups is 1. The van der Waals surface area contributed by atoms with Crippen LogP contribution in [0.2, 0.25) is 0 Å². The molecule has 156 valence electrons. The number of rotatable bonds is 7. The molecule has 0 spiro atoms.